The minimum Gasteiger partial charge on any atom is -0.314 e. The second-order valence-corrected chi connectivity index (χ2v) is 2.85. The molecule has 0 aliphatic rings. The van der Waals surface area contributed by atoms with E-state index in [0.717, 1.165) is 5.39 Å². The summed E-state index contributed by atoms with van der Waals surface area (Å²) in [4.78, 5) is 15.7. The third-order valence-electron chi connectivity index (χ3n) is 2.08. The van der Waals surface area contributed by atoms with Gasteiger partial charge in [0.25, 0.3) is 5.56 Å². The van der Waals surface area contributed by atoms with E-state index in [9.17, 15) is 4.79 Å². The number of rotatable bonds is 1. The van der Waals surface area contributed by atoms with Gasteiger partial charge in [0.15, 0.2) is 0 Å². The first kappa shape index (κ1) is 7.98. The number of nitrogens with zero attached hydrogens (tertiary/aromatic N) is 2. The van der Waals surface area contributed by atoms with Gasteiger partial charge in [0.2, 0.25) is 0 Å². The largest absolute Gasteiger partial charge is 0.314 e. The van der Waals surface area contributed by atoms with Crippen LogP contribution in [-0.4, -0.2) is 9.55 Å². The molecule has 0 N–H and O–H groups in total. The SMILES string of the molecule is CCn1ccc2cccnc2c1=O. The summed E-state index contributed by atoms with van der Waals surface area (Å²) in [7, 11) is 0. The molecule has 13 heavy (non-hydrogen) atoms. The quantitative estimate of drug-likeness (QED) is 0.655. The van der Waals surface area contributed by atoms with E-state index in [1.54, 1.807) is 17.0 Å². The first-order chi connectivity index (χ1) is 6.33. The first-order valence-corrected chi connectivity index (χ1v) is 4.27. The lowest BCUT2D eigenvalue weighted by Gasteiger charge is -2.01. The van der Waals surface area contributed by atoms with Crippen molar-refractivity contribution in [3.63, 3.8) is 0 Å². The Balaban J connectivity index is 2.87. The van der Waals surface area contributed by atoms with Crippen LogP contribution in [0.2, 0.25) is 0 Å². The van der Waals surface area contributed by atoms with Crippen LogP contribution in [0.5, 0.6) is 0 Å². The van der Waals surface area contributed by atoms with Crippen LogP contribution in [0.1, 0.15) is 6.92 Å². The molecule has 0 aliphatic carbocycles. The highest BCUT2D eigenvalue weighted by molar-refractivity contribution is 5.76. The molecule has 0 unspecified atom stereocenters. The number of aromatic nitrogens is 2. The Morgan fingerprint density at radius 1 is 1.46 bits per heavy atom. The van der Waals surface area contributed by atoms with Gasteiger partial charge in [0, 0.05) is 24.3 Å². The van der Waals surface area contributed by atoms with E-state index >= 15 is 0 Å². The van der Waals surface area contributed by atoms with Crippen molar-refractivity contribution in [2.75, 3.05) is 0 Å². The van der Waals surface area contributed by atoms with Crippen LogP contribution in [0.15, 0.2) is 35.4 Å². The monoisotopic (exact) mass is 174 g/mol. The van der Waals surface area contributed by atoms with E-state index in [2.05, 4.69) is 4.98 Å². The minimum absolute atomic E-state index is 0.0133. The Hall–Kier alpha value is -1.64. The lowest BCUT2D eigenvalue weighted by atomic mass is 10.2. The van der Waals surface area contributed by atoms with Crippen molar-refractivity contribution in [1.82, 2.24) is 9.55 Å². The molecule has 2 aromatic rings. The van der Waals surface area contributed by atoms with E-state index in [4.69, 9.17) is 0 Å². The van der Waals surface area contributed by atoms with Gasteiger partial charge in [-0.3, -0.25) is 9.78 Å². The summed E-state index contributed by atoms with van der Waals surface area (Å²) in [5.74, 6) is 0. The molecule has 0 radical (unpaired) electrons. The van der Waals surface area contributed by atoms with E-state index in [0.29, 0.717) is 12.1 Å². The number of fused-ring (bicyclic) bond motifs is 1. The van der Waals surface area contributed by atoms with Gasteiger partial charge in [-0.25, -0.2) is 0 Å². The second kappa shape index (κ2) is 3.01. The fourth-order valence-electron chi connectivity index (χ4n) is 1.35. The molecule has 2 heterocycles. The maximum absolute atomic E-state index is 11.7. The van der Waals surface area contributed by atoms with Crippen LogP contribution < -0.4 is 5.56 Å². The van der Waals surface area contributed by atoms with Gasteiger partial charge in [0.1, 0.15) is 5.52 Å². The summed E-state index contributed by atoms with van der Waals surface area (Å²) in [6.07, 6.45) is 3.44. The van der Waals surface area contributed by atoms with E-state index < -0.39 is 0 Å². The second-order valence-electron chi connectivity index (χ2n) is 2.85. The Kier molecular flexibility index (Phi) is 1.85. The summed E-state index contributed by atoms with van der Waals surface area (Å²) in [6.45, 7) is 2.63. The number of aryl methyl sites for hydroxylation is 1. The van der Waals surface area contributed by atoms with Gasteiger partial charge >= 0.3 is 0 Å². The standard InChI is InChI=1S/C10H10N2O/c1-2-12-7-5-8-4-3-6-11-9(8)10(12)13/h3-7H,2H2,1H3. The first-order valence-electron chi connectivity index (χ1n) is 4.27. The zero-order valence-corrected chi connectivity index (χ0v) is 7.40. The number of pyridine rings is 2. The van der Waals surface area contributed by atoms with Crippen molar-refractivity contribution in [2.24, 2.45) is 0 Å². The van der Waals surface area contributed by atoms with Crippen molar-refractivity contribution in [1.29, 1.82) is 0 Å². The van der Waals surface area contributed by atoms with Crippen LogP contribution >= 0.6 is 0 Å². The predicted molar refractivity (Wildman–Crippen MR) is 51.7 cm³/mol. The molecule has 0 amide bonds. The molecule has 0 atom stereocenters. The third kappa shape index (κ3) is 1.22. The van der Waals surface area contributed by atoms with E-state index in [1.165, 1.54) is 0 Å². The molecule has 0 saturated heterocycles. The molecule has 0 aromatic carbocycles. The molecule has 0 bridgehead atoms. The Morgan fingerprint density at radius 3 is 3.08 bits per heavy atom. The molecule has 0 fully saturated rings. The summed E-state index contributed by atoms with van der Waals surface area (Å²) in [6, 6.07) is 5.63. The molecular weight excluding hydrogens is 164 g/mol. The average molecular weight is 174 g/mol. The van der Waals surface area contributed by atoms with Crippen LogP contribution in [0.25, 0.3) is 10.9 Å². The molecule has 66 valence electrons. The highest BCUT2D eigenvalue weighted by atomic mass is 16.1. The number of hydrogen-bond donors (Lipinski definition) is 0. The number of hydrogen-bond acceptors (Lipinski definition) is 2. The fourth-order valence-corrected chi connectivity index (χ4v) is 1.35. The Morgan fingerprint density at radius 2 is 2.31 bits per heavy atom. The predicted octanol–water partition coefficient (Wildman–Crippen LogP) is 1.42. The van der Waals surface area contributed by atoms with E-state index in [-0.39, 0.29) is 5.56 Å². The highest BCUT2D eigenvalue weighted by Crippen LogP contribution is 2.04. The van der Waals surface area contributed by atoms with E-state index in [1.807, 2.05) is 25.1 Å². The maximum Gasteiger partial charge on any atom is 0.277 e. The molecule has 3 nitrogen and oxygen atoms in total. The average Bonchev–Trinajstić information content (AvgIpc) is 2.19. The Bertz CT molecular complexity index is 487. The molecule has 0 saturated carbocycles. The third-order valence-corrected chi connectivity index (χ3v) is 2.08. The zero-order valence-electron chi connectivity index (χ0n) is 7.40. The molecule has 2 rings (SSSR count). The normalized spacial score (nSPS) is 10.5. The van der Waals surface area contributed by atoms with Gasteiger partial charge in [-0.2, -0.15) is 0 Å². The summed E-state index contributed by atoms with van der Waals surface area (Å²) in [5, 5.41) is 0.900. The van der Waals surface area contributed by atoms with Gasteiger partial charge in [0.05, 0.1) is 0 Å². The molecule has 2 aromatic heterocycles. The lowest BCUT2D eigenvalue weighted by molar-refractivity contribution is 0.733. The van der Waals surface area contributed by atoms with Gasteiger partial charge in [-0.15, -0.1) is 0 Å². The molecule has 0 aliphatic heterocycles. The summed E-state index contributed by atoms with van der Waals surface area (Å²) in [5.41, 5.74) is 0.535. The van der Waals surface area contributed by atoms with Crippen molar-refractivity contribution in [3.8, 4) is 0 Å². The van der Waals surface area contributed by atoms with Crippen molar-refractivity contribution >= 4 is 10.9 Å². The molecular formula is C10H10N2O. The van der Waals surface area contributed by atoms with Crippen LogP contribution in [0.4, 0.5) is 0 Å². The minimum atomic E-state index is -0.0133. The van der Waals surface area contributed by atoms with Crippen LogP contribution in [-0.2, 0) is 6.54 Å². The molecule has 0 spiro atoms. The van der Waals surface area contributed by atoms with Crippen molar-refractivity contribution in [3.05, 3.63) is 40.9 Å². The fraction of sp³-hybridized carbons (Fsp3) is 0.200. The lowest BCUT2D eigenvalue weighted by Crippen LogP contribution is -2.18. The van der Waals surface area contributed by atoms with Crippen LogP contribution in [0.3, 0.4) is 0 Å². The Labute approximate surface area is 75.7 Å². The van der Waals surface area contributed by atoms with Crippen molar-refractivity contribution < 1.29 is 0 Å². The van der Waals surface area contributed by atoms with Crippen LogP contribution in [0, 0.1) is 0 Å². The maximum atomic E-state index is 11.7. The molecule has 3 heteroatoms. The topological polar surface area (TPSA) is 34.9 Å². The van der Waals surface area contributed by atoms with Gasteiger partial charge in [-0.05, 0) is 19.1 Å². The highest BCUT2D eigenvalue weighted by Gasteiger charge is 2.00. The summed E-state index contributed by atoms with van der Waals surface area (Å²) < 4.78 is 1.65. The van der Waals surface area contributed by atoms with Gasteiger partial charge in [-0.1, -0.05) is 6.07 Å². The smallest absolute Gasteiger partial charge is 0.277 e. The van der Waals surface area contributed by atoms with Crippen molar-refractivity contribution in [2.45, 2.75) is 13.5 Å². The summed E-state index contributed by atoms with van der Waals surface area (Å²) >= 11 is 0. The zero-order chi connectivity index (χ0) is 9.26. The van der Waals surface area contributed by atoms with Gasteiger partial charge < -0.3 is 4.57 Å².